The minimum absolute atomic E-state index is 0.0900. The van der Waals surface area contributed by atoms with Gasteiger partial charge in [0.2, 0.25) is 0 Å². The van der Waals surface area contributed by atoms with E-state index in [-0.39, 0.29) is 5.56 Å². The first-order chi connectivity index (χ1) is 8.79. The Morgan fingerprint density at radius 3 is 2.47 bits per heavy atom. The highest BCUT2D eigenvalue weighted by Gasteiger charge is 2.25. The zero-order chi connectivity index (χ0) is 14.4. The van der Waals surface area contributed by atoms with Gasteiger partial charge >= 0.3 is 0 Å². The van der Waals surface area contributed by atoms with E-state index in [1.165, 1.54) is 0 Å². The summed E-state index contributed by atoms with van der Waals surface area (Å²) in [4.78, 5) is 12.5. The van der Waals surface area contributed by atoms with E-state index in [4.69, 9.17) is 0 Å². The van der Waals surface area contributed by atoms with Gasteiger partial charge in [-0.3, -0.25) is 4.79 Å². The van der Waals surface area contributed by atoms with Crippen LogP contribution in [0.4, 0.5) is 0 Å². The normalized spacial score (nSPS) is 11.6. The summed E-state index contributed by atoms with van der Waals surface area (Å²) in [7, 11) is 1.77. The lowest BCUT2D eigenvalue weighted by Crippen LogP contribution is -2.30. The van der Waals surface area contributed by atoms with E-state index in [9.17, 15) is 10.1 Å². The fourth-order valence-electron chi connectivity index (χ4n) is 2.39. The molecule has 1 aromatic carbocycles. The van der Waals surface area contributed by atoms with Crippen molar-refractivity contribution in [3.8, 4) is 6.07 Å². The molecular weight excluding hydrogens is 236 g/mol. The van der Waals surface area contributed by atoms with Crippen LogP contribution in [0.15, 0.2) is 23.0 Å². The molecule has 19 heavy (non-hydrogen) atoms. The first kappa shape index (κ1) is 13.4. The average Bonchev–Trinajstić information content (AvgIpc) is 2.37. The molecule has 0 N–H and O–H groups in total. The molecular formula is C16H18N2O. The molecule has 98 valence electrons. The molecule has 0 aliphatic carbocycles. The van der Waals surface area contributed by atoms with Crippen LogP contribution in [0, 0.1) is 25.2 Å². The maximum Gasteiger partial charge on any atom is 0.255 e. The third-order valence-electron chi connectivity index (χ3n) is 3.86. The monoisotopic (exact) mass is 254 g/mol. The summed E-state index contributed by atoms with van der Waals surface area (Å²) >= 11 is 0. The van der Waals surface area contributed by atoms with Crippen LogP contribution in [-0.2, 0) is 12.5 Å². The van der Waals surface area contributed by atoms with Crippen molar-refractivity contribution in [2.24, 2.45) is 7.05 Å². The molecule has 0 atom stereocenters. The molecule has 3 nitrogen and oxygen atoms in total. The van der Waals surface area contributed by atoms with Gasteiger partial charge in [0.15, 0.2) is 0 Å². The molecule has 0 aliphatic heterocycles. The number of rotatable bonds is 1. The average molecular weight is 254 g/mol. The van der Waals surface area contributed by atoms with Crippen LogP contribution in [0.25, 0.3) is 10.9 Å². The van der Waals surface area contributed by atoms with Crippen molar-refractivity contribution in [1.29, 1.82) is 5.26 Å². The molecule has 0 amide bonds. The zero-order valence-corrected chi connectivity index (χ0v) is 12.0. The van der Waals surface area contributed by atoms with Gasteiger partial charge in [0, 0.05) is 12.6 Å². The molecule has 0 saturated heterocycles. The Bertz CT molecular complexity index is 761. The fourth-order valence-corrected chi connectivity index (χ4v) is 2.39. The smallest absolute Gasteiger partial charge is 0.255 e. The van der Waals surface area contributed by atoms with Crippen molar-refractivity contribution in [3.63, 3.8) is 0 Å². The maximum atomic E-state index is 12.5. The van der Waals surface area contributed by atoms with E-state index in [0.717, 1.165) is 22.0 Å². The second-order valence-corrected chi connectivity index (χ2v) is 5.60. The van der Waals surface area contributed by atoms with Gasteiger partial charge in [-0.1, -0.05) is 12.1 Å². The van der Waals surface area contributed by atoms with E-state index in [2.05, 4.69) is 6.07 Å². The van der Waals surface area contributed by atoms with Crippen LogP contribution < -0.4 is 5.56 Å². The summed E-state index contributed by atoms with van der Waals surface area (Å²) in [6.45, 7) is 7.60. The van der Waals surface area contributed by atoms with Crippen molar-refractivity contribution >= 4 is 10.9 Å². The van der Waals surface area contributed by atoms with Gasteiger partial charge in [0.05, 0.1) is 17.0 Å². The Morgan fingerprint density at radius 1 is 1.26 bits per heavy atom. The number of pyridine rings is 1. The Morgan fingerprint density at radius 2 is 1.89 bits per heavy atom. The van der Waals surface area contributed by atoms with Crippen molar-refractivity contribution in [3.05, 3.63) is 45.2 Å². The number of nitrogens with zero attached hydrogens (tertiary/aromatic N) is 2. The van der Waals surface area contributed by atoms with E-state index in [1.807, 2.05) is 32.0 Å². The van der Waals surface area contributed by atoms with E-state index >= 15 is 0 Å². The lowest BCUT2D eigenvalue weighted by molar-refractivity contribution is 0.664. The second kappa shape index (κ2) is 4.24. The molecule has 2 aromatic rings. The van der Waals surface area contributed by atoms with Crippen LogP contribution in [-0.4, -0.2) is 4.57 Å². The van der Waals surface area contributed by atoms with E-state index in [1.54, 1.807) is 25.5 Å². The van der Waals surface area contributed by atoms with Crippen molar-refractivity contribution < 1.29 is 0 Å². The number of aryl methyl sites for hydroxylation is 3. The van der Waals surface area contributed by atoms with Gasteiger partial charge in [0.25, 0.3) is 5.56 Å². The first-order valence-corrected chi connectivity index (χ1v) is 6.31. The number of hydrogen-bond donors (Lipinski definition) is 0. The van der Waals surface area contributed by atoms with Gasteiger partial charge in [-0.05, 0) is 50.3 Å². The number of fused-ring (bicyclic) bond motifs is 1. The topological polar surface area (TPSA) is 45.8 Å². The molecule has 0 bridgehead atoms. The van der Waals surface area contributed by atoms with Crippen molar-refractivity contribution in [2.75, 3.05) is 0 Å². The van der Waals surface area contributed by atoms with Gasteiger partial charge in [-0.2, -0.15) is 5.26 Å². The van der Waals surface area contributed by atoms with Gasteiger partial charge < -0.3 is 4.57 Å². The Balaban J connectivity index is 2.97. The SMILES string of the molecule is Cc1ccc2cc(C(C)(C)C#N)c(=O)n(C)c2c1C. The maximum absolute atomic E-state index is 12.5. The summed E-state index contributed by atoms with van der Waals surface area (Å²) in [5.41, 5.74) is 2.90. The number of nitriles is 1. The number of benzene rings is 1. The summed E-state index contributed by atoms with van der Waals surface area (Å²) < 4.78 is 1.66. The summed E-state index contributed by atoms with van der Waals surface area (Å²) in [6, 6.07) is 8.11. The molecule has 0 fully saturated rings. The predicted octanol–water partition coefficient (Wildman–Crippen LogP) is 2.96. The standard InChI is InChI=1S/C16H18N2O/c1-10-6-7-12-8-13(16(3,4)9-17)15(19)18(5)14(12)11(10)2/h6-8H,1-5H3. The highest BCUT2D eigenvalue weighted by Crippen LogP contribution is 2.25. The largest absolute Gasteiger partial charge is 0.311 e. The molecule has 3 heteroatoms. The van der Waals surface area contributed by atoms with Gasteiger partial charge in [0.1, 0.15) is 0 Å². The second-order valence-electron chi connectivity index (χ2n) is 5.60. The third kappa shape index (κ3) is 1.94. The zero-order valence-electron chi connectivity index (χ0n) is 12.0. The number of hydrogen-bond acceptors (Lipinski definition) is 2. The Labute approximate surface area is 113 Å². The third-order valence-corrected chi connectivity index (χ3v) is 3.86. The highest BCUT2D eigenvalue weighted by atomic mass is 16.1. The summed E-state index contributed by atoms with van der Waals surface area (Å²) in [5, 5.41) is 10.2. The molecule has 2 rings (SSSR count). The van der Waals surface area contributed by atoms with E-state index in [0.29, 0.717) is 5.56 Å². The van der Waals surface area contributed by atoms with Crippen LogP contribution in [0.1, 0.15) is 30.5 Å². The minimum Gasteiger partial charge on any atom is -0.311 e. The fraction of sp³-hybridized carbons (Fsp3) is 0.375. The molecule has 0 radical (unpaired) electrons. The van der Waals surface area contributed by atoms with Gasteiger partial charge in [-0.15, -0.1) is 0 Å². The molecule has 1 aromatic heterocycles. The van der Waals surface area contributed by atoms with Crippen LogP contribution in [0.5, 0.6) is 0 Å². The molecule has 0 aliphatic rings. The van der Waals surface area contributed by atoms with Crippen molar-refractivity contribution in [1.82, 2.24) is 4.57 Å². The lowest BCUT2D eigenvalue weighted by Gasteiger charge is -2.19. The molecule has 0 unspecified atom stereocenters. The lowest BCUT2D eigenvalue weighted by atomic mass is 9.86. The van der Waals surface area contributed by atoms with E-state index < -0.39 is 5.41 Å². The first-order valence-electron chi connectivity index (χ1n) is 6.31. The predicted molar refractivity (Wildman–Crippen MR) is 77.3 cm³/mol. The molecule has 0 spiro atoms. The van der Waals surface area contributed by atoms with Crippen LogP contribution in [0.3, 0.4) is 0 Å². The molecule has 1 heterocycles. The minimum atomic E-state index is -0.776. The van der Waals surface area contributed by atoms with Crippen LogP contribution >= 0.6 is 0 Å². The number of aromatic nitrogens is 1. The van der Waals surface area contributed by atoms with Crippen LogP contribution in [0.2, 0.25) is 0 Å². The highest BCUT2D eigenvalue weighted by molar-refractivity contribution is 5.84. The summed E-state index contributed by atoms with van der Waals surface area (Å²) in [5.74, 6) is 0. The summed E-state index contributed by atoms with van der Waals surface area (Å²) in [6.07, 6.45) is 0. The Kier molecular flexibility index (Phi) is 2.98. The van der Waals surface area contributed by atoms with Crippen molar-refractivity contribution in [2.45, 2.75) is 33.1 Å². The molecule has 0 saturated carbocycles. The van der Waals surface area contributed by atoms with Gasteiger partial charge in [-0.25, -0.2) is 0 Å². The Hall–Kier alpha value is -2.08. The quantitative estimate of drug-likeness (QED) is 0.785.